The van der Waals surface area contributed by atoms with E-state index in [9.17, 15) is 45.6 Å². The van der Waals surface area contributed by atoms with Crippen molar-refractivity contribution in [1.29, 1.82) is 0 Å². The predicted molar refractivity (Wildman–Crippen MR) is 241 cm³/mol. The lowest BCUT2D eigenvalue weighted by atomic mass is 9.93. The van der Waals surface area contributed by atoms with E-state index >= 15 is 0 Å². The highest BCUT2D eigenvalue weighted by Gasteiger charge is 2.40. The van der Waals surface area contributed by atoms with E-state index in [0.29, 0.717) is 40.3 Å². The van der Waals surface area contributed by atoms with E-state index < -0.39 is 51.9 Å². The van der Waals surface area contributed by atoms with Gasteiger partial charge in [-0.2, -0.15) is 28.1 Å². The molecule has 1 aliphatic heterocycles. The van der Waals surface area contributed by atoms with Gasteiger partial charge in [-0.25, -0.2) is 32.4 Å². The maximum atomic E-state index is 12.7. The number of alkyl halides is 3. The molecule has 2 heterocycles. The molecule has 0 bridgehead atoms. The van der Waals surface area contributed by atoms with Gasteiger partial charge in [-0.3, -0.25) is 14.9 Å². The van der Waals surface area contributed by atoms with Gasteiger partial charge in [-0.1, -0.05) is 64.6 Å². The summed E-state index contributed by atoms with van der Waals surface area (Å²) < 4.78 is 78.4. The summed E-state index contributed by atoms with van der Waals surface area (Å²) in [5.74, 6) is -2.35. The molecule has 358 valence electrons. The molecule has 0 spiro atoms. The van der Waals surface area contributed by atoms with Crippen LogP contribution in [0.1, 0.15) is 66.3 Å². The van der Waals surface area contributed by atoms with Gasteiger partial charge in [0.05, 0.1) is 41.5 Å². The molecule has 0 fully saturated rings. The van der Waals surface area contributed by atoms with Crippen LogP contribution in [0, 0.1) is 6.92 Å². The molecule has 17 nitrogen and oxygen atoms in total. The number of amides is 4. The van der Waals surface area contributed by atoms with Gasteiger partial charge in [0.15, 0.2) is 5.75 Å². The van der Waals surface area contributed by atoms with E-state index in [-0.39, 0.29) is 68.2 Å². The van der Waals surface area contributed by atoms with Crippen molar-refractivity contribution < 1.29 is 64.9 Å². The summed E-state index contributed by atoms with van der Waals surface area (Å²) in [6.45, 7) is 3.38. The maximum absolute atomic E-state index is 12.7. The average molecular weight is 1030 g/mol. The van der Waals surface area contributed by atoms with E-state index in [2.05, 4.69) is 20.3 Å². The van der Waals surface area contributed by atoms with Gasteiger partial charge >= 0.3 is 30.2 Å². The van der Waals surface area contributed by atoms with Crippen LogP contribution in [0.3, 0.4) is 0 Å². The van der Waals surface area contributed by atoms with E-state index in [1.807, 2.05) is 0 Å². The summed E-state index contributed by atoms with van der Waals surface area (Å²) >= 11 is 23.5. The number of aromatic carboxylic acids is 1. The number of hydrogen-bond donors (Lipinski definition) is 3. The summed E-state index contributed by atoms with van der Waals surface area (Å²) in [6, 6.07) is 11.4. The lowest BCUT2D eigenvalue weighted by Gasteiger charge is -2.16. The SMILES string of the molecule is CCOC(=O)/C(Cl)=C/c1cc(N2C(=O)C3=C(CCCC3)C2=O)ccc1Cl.COc1c(Cl)ccc(Cl)c1C(=O)O.COc1nc(C)nc(NC(=O)NS(=O)(=O)c2ccccc2CCC(F)(F)F)n1. The molecule has 2 aliphatic rings. The second-order valence-electron chi connectivity index (χ2n) is 13.7. The van der Waals surface area contributed by atoms with Gasteiger partial charge in [-0.05, 0) is 99.6 Å². The number of rotatable bonds is 12. The van der Waals surface area contributed by atoms with Crippen LogP contribution in [0.4, 0.5) is 29.6 Å². The van der Waals surface area contributed by atoms with Crippen molar-refractivity contribution in [2.75, 3.05) is 31.0 Å². The van der Waals surface area contributed by atoms with Gasteiger partial charge in [0.2, 0.25) is 5.95 Å². The third-order valence-electron chi connectivity index (χ3n) is 9.16. The first-order valence-electron chi connectivity index (χ1n) is 19.5. The molecule has 1 aliphatic carbocycles. The van der Waals surface area contributed by atoms with E-state index in [1.54, 1.807) is 29.8 Å². The first-order valence-corrected chi connectivity index (χ1v) is 22.5. The summed E-state index contributed by atoms with van der Waals surface area (Å²) in [5, 5.41) is 11.4. The van der Waals surface area contributed by atoms with Crippen LogP contribution in [0.25, 0.3) is 6.08 Å². The number of aryl methyl sites for hydroxylation is 2. The summed E-state index contributed by atoms with van der Waals surface area (Å²) in [7, 11) is -1.81. The number of aromatic nitrogens is 3. The molecule has 3 N–H and O–H groups in total. The lowest BCUT2D eigenvalue weighted by molar-refractivity contribution is -0.137. The first kappa shape index (κ1) is 53.6. The Hall–Kier alpha value is -6.00. The minimum atomic E-state index is -4.45. The number of anilines is 2. The highest BCUT2D eigenvalue weighted by Crippen LogP contribution is 2.37. The monoisotopic (exact) mass is 1030 g/mol. The van der Waals surface area contributed by atoms with E-state index in [1.165, 1.54) is 62.5 Å². The van der Waals surface area contributed by atoms with E-state index in [4.69, 9.17) is 65.7 Å². The van der Waals surface area contributed by atoms with Crippen molar-refractivity contribution in [1.82, 2.24) is 19.7 Å². The molecule has 6 rings (SSSR count). The molecule has 1 aromatic heterocycles. The molecule has 3 aromatic carbocycles. The number of hydrogen-bond acceptors (Lipinski definition) is 13. The number of esters is 1. The van der Waals surface area contributed by atoms with Gasteiger partial charge in [0, 0.05) is 22.6 Å². The number of methoxy groups -OCH3 is 2. The zero-order chi connectivity index (χ0) is 49.8. The standard InChI is InChI=1S/C19H17Cl2NO4.C15H16F3N5O4S.C8H6Cl2O3/c1-2-26-19(25)16(21)10-11-9-12(7-8-15(11)20)22-17(23)13-5-3-4-6-14(13)18(22)24;1-9-19-12(22-14(20-9)27-2)21-13(24)23-28(25,26)11-6-4-3-5-10(11)7-8-15(16,17)18;1-13-7-5(10)3-2-4(9)6(7)8(11)12/h7-10H,2-6H2,1H3;3-6H,7-8H2,1-2H3,(H2,19,20,21,22,23,24);2-3H,1H3,(H,11,12)/b16-10-;;. The van der Waals surface area contributed by atoms with Crippen LogP contribution in [-0.4, -0.2) is 85.3 Å². The Bertz CT molecular complexity index is 2710. The Morgan fingerprint density at radius 3 is 2.07 bits per heavy atom. The van der Waals surface area contributed by atoms with Gasteiger partial charge in [-0.15, -0.1) is 0 Å². The molecule has 0 atom stereocenters. The zero-order valence-electron chi connectivity index (χ0n) is 35.6. The summed E-state index contributed by atoms with van der Waals surface area (Å²) in [5.41, 5.74) is 1.86. The number of halogens is 7. The third kappa shape index (κ3) is 14.5. The Balaban J connectivity index is 0.000000233. The number of nitrogens with one attached hydrogen (secondary N) is 2. The summed E-state index contributed by atoms with van der Waals surface area (Å²) in [6.07, 6.45) is -1.75. The van der Waals surface area contributed by atoms with Gasteiger partial charge in [0.25, 0.3) is 21.8 Å². The van der Waals surface area contributed by atoms with Gasteiger partial charge < -0.3 is 19.3 Å². The molecule has 4 aromatic rings. The van der Waals surface area contributed by atoms with Crippen molar-refractivity contribution >= 4 is 104 Å². The molecule has 0 saturated carbocycles. The van der Waals surface area contributed by atoms with Crippen molar-refractivity contribution in [3.8, 4) is 11.8 Å². The molecular formula is C42H39Cl4F3N6O11S. The average Bonchev–Trinajstić information content (AvgIpc) is 3.52. The minimum absolute atomic E-state index is 0.0715. The normalized spacial score (nSPS) is 13.7. The lowest BCUT2D eigenvalue weighted by Crippen LogP contribution is -2.35. The van der Waals surface area contributed by atoms with Crippen molar-refractivity contribution in [3.05, 3.63) is 108 Å². The Morgan fingerprint density at radius 2 is 1.51 bits per heavy atom. The van der Waals surface area contributed by atoms with Crippen LogP contribution in [-0.2, 0) is 35.6 Å². The Labute approximate surface area is 401 Å². The number of benzene rings is 3. The highest BCUT2D eigenvalue weighted by molar-refractivity contribution is 7.90. The van der Waals surface area contributed by atoms with Crippen molar-refractivity contribution in [2.45, 2.75) is 63.4 Å². The smallest absolute Gasteiger partial charge is 0.389 e. The Morgan fingerprint density at radius 1 is 0.896 bits per heavy atom. The minimum Gasteiger partial charge on any atom is -0.494 e. The van der Waals surface area contributed by atoms with Crippen LogP contribution < -0.4 is 24.4 Å². The fourth-order valence-electron chi connectivity index (χ4n) is 6.24. The van der Waals surface area contributed by atoms with Crippen LogP contribution in [0.15, 0.2) is 75.7 Å². The molecule has 0 radical (unpaired) electrons. The number of carboxylic acid groups (broad SMARTS) is 1. The number of imide groups is 1. The molecule has 67 heavy (non-hydrogen) atoms. The highest BCUT2D eigenvalue weighted by atomic mass is 35.5. The number of nitrogens with zero attached hydrogens (tertiary/aromatic N) is 4. The number of urea groups is 1. The third-order valence-corrected chi connectivity index (χ3v) is 11.8. The maximum Gasteiger partial charge on any atom is 0.389 e. The fourth-order valence-corrected chi connectivity index (χ4v) is 8.23. The largest absolute Gasteiger partial charge is 0.494 e. The second kappa shape index (κ2) is 23.6. The molecule has 0 saturated heterocycles. The molecule has 4 amide bonds. The number of sulfonamides is 1. The predicted octanol–water partition coefficient (Wildman–Crippen LogP) is 9.12. The van der Waals surface area contributed by atoms with Gasteiger partial charge in [0.1, 0.15) is 16.4 Å². The van der Waals surface area contributed by atoms with Crippen molar-refractivity contribution in [2.24, 2.45) is 0 Å². The second-order valence-corrected chi connectivity index (χ2v) is 17.0. The molecular weight excluding hydrogens is 995 g/mol. The van der Waals surface area contributed by atoms with Crippen LogP contribution in [0.2, 0.25) is 15.1 Å². The van der Waals surface area contributed by atoms with Crippen LogP contribution >= 0.6 is 46.4 Å². The molecule has 0 unspecified atom stereocenters. The number of carboxylic acids is 1. The number of ether oxygens (including phenoxy) is 3. The topological polar surface area (TPSA) is 233 Å². The molecule has 25 heteroatoms. The van der Waals surface area contributed by atoms with Crippen molar-refractivity contribution in [3.63, 3.8) is 0 Å². The quantitative estimate of drug-likeness (QED) is 0.0682. The van der Waals surface area contributed by atoms with E-state index in [0.717, 1.165) is 18.9 Å². The van der Waals surface area contributed by atoms with Crippen LogP contribution in [0.5, 0.6) is 11.8 Å². The number of carbonyl (C=O) groups is 5. The fraction of sp³-hybridized carbons (Fsp3) is 0.286. The summed E-state index contributed by atoms with van der Waals surface area (Å²) in [4.78, 5) is 71.8. The zero-order valence-corrected chi connectivity index (χ0v) is 39.4. The Kier molecular flexibility index (Phi) is 18.9. The number of carbonyl (C=O) groups excluding carboxylic acids is 4. The first-order chi connectivity index (χ1) is 31.5.